The largest absolute Gasteiger partial charge is 0.496 e. The van der Waals surface area contributed by atoms with E-state index in [1.807, 2.05) is 54.3 Å². The molecule has 5 aliphatic heterocycles. The second-order valence-electron chi connectivity index (χ2n) is 18.1. The summed E-state index contributed by atoms with van der Waals surface area (Å²) in [6.45, 7) is 6.31. The number of carbonyl (C=O) groups is 4. The number of benzene rings is 2. The molecule has 0 unspecified atom stereocenters. The number of piperidine rings is 1. The van der Waals surface area contributed by atoms with Gasteiger partial charge in [0, 0.05) is 77.8 Å². The number of nitrogens with zero attached hydrogens (tertiary/aromatic N) is 3. The highest BCUT2D eigenvalue weighted by Crippen LogP contribution is 2.68. The molecular weight excluding hydrogens is 820 g/mol. The molecule has 2 saturated heterocycles. The van der Waals surface area contributed by atoms with Crippen LogP contribution in [0.1, 0.15) is 68.8 Å². The number of amides is 1. The van der Waals surface area contributed by atoms with Gasteiger partial charge in [-0.1, -0.05) is 44.2 Å². The molecule has 1 amide bonds. The molecule has 6 heterocycles. The van der Waals surface area contributed by atoms with Crippen molar-refractivity contribution in [1.29, 1.82) is 0 Å². The van der Waals surface area contributed by atoms with Gasteiger partial charge >= 0.3 is 17.9 Å². The number of halogens is 1. The van der Waals surface area contributed by atoms with Crippen molar-refractivity contribution in [2.45, 2.75) is 99.2 Å². The normalized spacial score (nSPS) is 35.6. The van der Waals surface area contributed by atoms with Crippen LogP contribution in [0.4, 0.5) is 5.69 Å². The number of carbonyl (C=O) groups excluding carboxylic acids is 4. The van der Waals surface area contributed by atoms with Gasteiger partial charge in [-0.3, -0.25) is 19.3 Å². The Balaban J connectivity index is 0.00000529. The molecule has 6 aliphatic rings. The number of para-hydroxylation sites is 1. The predicted octanol–water partition coefficient (Wildman–Crippen LogP) is 2.91. The third-order valence-corrected chi connectivity index (χ3v) is 15.8. The number of hydrogen-bond donors (Lipinski definition) is 4. The van der Waals surface area contributed by atoms with Crippen LogP contribution in [0.25, 0.3) is 10.9 Å². The highest BCUT2D eigenvalue weighted by atomic mass is 35.5. The van der Waals surface area contributed by atoms with Crippen LogP contribution in [0.15, 0.2) is 48.6 Å². The topological polar surface area (TPSA) is 191 Å². The number of likely N-dealkylation sites (N-methyl/N-ethyl adjacent to an activating group) is 1. The van der Waals surface area contributed by atoms with Crippen LogP contribution in [-0.4, -0.2) is 144 Å². The first-order valence-corrected chi connectivity index (χ1v) is 21.3. The fraction of sp³-hybridized carbons (Fsp3) is 0.565. The Bertz CT molecular complexity index is 2390. The third-order valence-electron chi connectivity index (χ3n) is 15.8. The minimum atomic E-state index is -2.39. The SMILES string of the molecule is CC[C@]1(O)CN2CCc3c([nH]c4ccccc34)[C@@](C(=O)OC)(c3cc4c(cc3OC)N(C)[C@H]3[C@@](O)(C(=O)OC)[C@H](OC(C)=O)[C@]5(CC)C=CCN6CC[C@]43[C@@H]65)C[C@H](C2=O)[C@H]1O.Cl. The van der Waals surface area contributed by atoms with Crippen LogP contribution in [-0.2, 0) is 50.6 Å². The van der Waals surface area contributed by atoms with Gasteiger partial charge in [-0.25, -0.2) is 4.79 Å². The molecule has 0 radical (unpaired) electrons. The van der Waals surface area contributed by atoms with Gasteiger partial charge in [-0.2, -0.15) is 0 Å². The standard InChI is InChI=1S/C46H56N4O11.ClH/c1-8-42-16-12-18-49-20-17-44(37(42)49)29-21-30(33(58-5)22-32(29)48(4)38(44)46(57,41(55)60-7)39(42)61-25(3)51)45(40(54)59-6)23-28-35(52)43(56,9-2)24-50(36(28)53)19-15-27-26-13-10-11-14-31(26)47-34(27)45;/h10-14,16,21-22,28,35,37-39,47,52,56-57H,8-9,15,17-20,23-24H2,1-7H3;1H/t28-,35+,37-,38+,39+,42+,43-,44+,45-,46-;/m0./s1. The van der Waals surface area contributed by atoms with Gasteiger partial charge in [0.1, 0.15) is 16.8 Å². The van der Waals surface area contributed by atoms with Gasteiger partial charge in [0.15, 0.2) is 6.10 Å². The van der Waals surface area contributed by atoms with Gasteiger partial charge in [-0.15, -0.1) is 12.4 Å². The number of ether oxygens (including phenoxy) is 4. The maximum Gasteiger partial charge on any atom is 0.344 e. The number of aromatic nitrogens is 1. The van der Waals surface area contributed by atoms with Crippen LogP contribution in [0, 0.1) is 11.3 Å². The van der Waals surface area contributed by atoms with Crippen LogP contribution < -0.4 is 9.64 Å². The molecule has 3 aromatic rings. The minimum absolute atomic E-state index is 0. The molecule has 1 aliphatic carbocycles. The lowest BCUT2D eigenvalue weighted by molar-refractivity contribution is -0.228. The number of aliphatic hydroxyl groups is 3. The Labute approximate surface area is 366 Å². The Hall–Kier alpha value is -4.67. The molecule has 9 rings (SSSR count). The summed E-state index contributed by atoms with van der Waals surface area (Å²) >= 11 is 0. The number of methoxy groups -OCH3 is 3. The van der Waals surface area contributed by atoms with E-state index in [1.54, 1.807) is 24.9 Å². The molecule has 15 nitrogen and oxygen atoms in total. The van der Waals surface area contributed by atoms with E-state index in [9.17, 15) is 29.7 Å². The lowest BCUT2D eigenvalue weighted by Crippen LogP contribution is -2.81. The summed E-state index contributed by atoms with van der Waals surface area (Å²) in [6, 6.07) is 9.99. The zero-order valence-electron chi connectivity index (χ0n) is 36.2. The Morgan fingerprint density at radius 1 is 0.968 bits per heavy atom. The second kappa shape index (κ2) is 15.0. The van der Waals surface area contributed by atoms with Crippen molar-refractivity contribution in [3.63, 3.8) is 0 Å². The third kappa shape index (κ3) is 5.37. The number of aromatic amines is 1. The monoisotopic (exact) mass is 876 g/mol. The lowest BCUT2D eigenvalue weighted by atomic mass is 9.47. The molecule has 2 aromatic carbocycles. The molecule has 4 N–H and O–H groups in total. The second-order valence-corrected chi connectivity index (χ2v) is 18.1. The van der Waals surface area contributed by atoms with E-state index in [0.717, 1.165) is 22.0 Å². The fourth-order valence-corrected chi connectivity index (χ4v) is 13.3. The average molecular weight is 877 g/mol. The van der Waals surface area contributed by atoms with E-state index >= 15 is 4.79 Å². The summed E-state index contributed by atoms with van der Waals surface area (Å²) in [5, 5.41) is 38.2. The smallest absolute Gasteiger partial charge is 0.344 e. The van der Waals surface area contributed by atoms with Crippen LogP contribution in [0.5, 0.6) is 5.75 Å². The van der Waals surface area contributed by atoms with E-state index in [-0.39, 0.29) is 50.0 Å². The molecule has 1 saturated carbocycles. The predicted molar refractivity (Wildman–Crippen MR) is 229 cm³/mol. The first-order valence-electron chi connectivity index (χ1n) is 21.3. The van der Waals surface area contributed by atoms with Crippen molar-refractivity contribution < 1.29 is 53.4 Å². The summed E-state index contributed by atoms with van der Waals surface area (Å²) < 4.78 is 23.6. The number of aliphatic hydroxyl groups excluding tert-OH is 1. The number of esters is 3. The summed E-state index contributed by atoms with van der Waals surface area (Å²) in [6.07, 6.45) is 2.18. The summed E-state index contributed by atoms with van der Waals surface area (Å²) in [7, 11) is 5.78. The maximum absolute atomic E-state index is 15.3. The first-order chi connectivity index (χ1) is 29.1. The number of nitrogens with one attached hydrogen (secondary N) is 1. The van der Waals surface area contributed by atoms with Crippen molar-refractivity contribution >= 4 is 52.8 Å². The molecule has 1 aromatic heterocycles. The molecule has 16 heteroatoms. The van der Waals surface area contributed by atoms with Gasteiger partial charge in [0.05, 0.1) is 45.9 Å². The lowest BCUT2D eigenvalue weighted by Gasteiger charge is -2.63. The number of anilines is 1. The Morgan fingerprint density at radius 2 is 1.69 bits per heavy atom. The highest BCUT2D eigenvalue weighted by Gasteiger charge is 2.80. The number of fused-ring (bicyclic) bond motifs is 6. The molecule has 62 heavy (non-hydrogen) atoms. The number of H-pyrrole nitrogens is 1. The summed E-state index contributed by atoms with van der Waals surface area (Å²) in [5.74, 6) is -3.68. The van der Waals surface area contributed by atoms with Crippen LogP contribution in [0.2, 0.25) is 0 Å². The van der Waals surface area contributed by atoms with E-state index in [2.05, 4.69) is 9.88 Å². The van der Waals surface area contributed by atoms with Crippen LogP contribution >= 0.6 is 12.4 Å². The average Bonchev–Trinajstić information content (AvgIpc) is 3.92. The molecule has 1 spiro atoms. The molecule has 334 valence electrons. The molecule has 2 bridgehead atoms. The van der Waals surface area contributed by atoms with Crippen molar-refractivity contribution in [3.8, 4) is 5.75 Å². The van der Waals surface area contributed by atoms with E-state index < -0.39 is 75.6 Å². The van der Waals surface area contributed by atoms with Crippen molar-refractivity contribution in [2.24, 2.45) is 11.3 Å². The number of hydrogen-bond acceptors (Lipinski definition) is 13. The minimum Gasteiger partial charge on any atom is -0.496 e. The molecule has 3 fully saturated rings. The summed E-state index contributed by atoms with van der Waals surface area (Å²) in [4.78, 5) is 66.7. The van der Waals surface area contributed by atoms with Crippen molar-refractivity contribution in [1.82, 2.24) is 14.8 Å². The van der Waals surface area contributed by atoms with E-state index in [4.69, 9.17) is 18.9 Å². The number of rotatable bonds is 7. The molecule has 10 atom stereocenters. The molecular formula is C46H57ClN4O11. The quantitative estimate of drug-likeness (QED) is 0.154. The van der Waals surface area contributed by atoms with Gasteiger partial charge in [-0.05, 0) is 61.9 Å². The fourth-order valence-electron chi connectivity index (χ4n) is 13.3. The zero-order valence-corrected chi connectivity index (χ0v) is 37.0. The maximum atomic E-state index is 15.3. The van der Waals surface area contributed by atoms with Crippen molar-refractivity contribution in [2.75, 3.05) is 59.5 Å². The van der Waals surface area contributed by atoms with Crippen molar-refractivity contribution in [3.05, 3.63) is 70.9 Å². The van der Waals surface area contributed by atoms with E-state index in [0.29, 0.717) is 49.3 Å². The van der Waals surface area contributed by atoms with E-state index in [1.165, 1.54) is 28.3 Å². The van der Waals surface area contributed by atoms with Gasteiger partial charge < -0.3 is 49.1 Å². The van der Waals surface area contributed by atoms with Crippen LogP contribution in [0.3, 0.4) is 0 Å². The summed E-state index contributed by atoms with van der Waals surface area (Å²) in [5.41, 5.74) is -4.27. The highest BCUT2D eigenvalue weighted by molar-refractivity contribution is 5.96. The Morgan fingerprint density at radius 3 is 2.35 bits per heavy atom. The Kier molecular flexibility index (Phi) is 10.6. The first kappa shape index (κ1) is 44.0. The zero-order chi connectivity index (χ0) is 43.6. The van der Waals surface area contributed by atoms with Gasteiger partial charge in [0.2, 0.25) is 11.5 Å². The van der Waals surface area contributed by atoms with Gasteiger partial charge in [0.25, 0.3) is 0 Å².